The van der Waals surface area contributed by atoms with E-state index in [4.69, 9.17) is 9.26 Å². The van der Waals surface area contributed by atoms with Crippen molar-refractivity contribution < 1.29 is 18.4 Å². The fourth-order valence-electron chi connectivity index (χ4n) is 2.88. The van der Waals surface area contributed by atoms with Crippen molar-refractivity contribution in [3.63, 3.8) is 0 Å². The van der Waals surface area contributed by atoms with Crippen LogP contribution in [0.3, 0.4) is 0 Å². The molecule has 25 heavy (non-hydrogen) atoms. The topological polar surface area (TPSA) is 52.3 Å². The summed E-state index contributed by atoms with van der Waals surface area (Å²) in [4.78, 5) is 12.3. The summed E-state index contributed by atoms with van der Waals surface area (Å²) in [6.45, 7) is 0. The molecule has 0 aliphatic heterocycles. The molecule has 130 valence electrons. The Morgan fingerprint density at radius 3 is 2.80 bits per heavy atom. The van der Waals surface area contributed by atoms with E-state index in [9.17, 15) is 9.18 Å². The maximum Gasteiger partial charge on any atom is 0.165 e. The van der Waals surface area contributed by atoms with E-state index < -0.39 is 5.82 Å². The zero-order chi connectivity index (χ0) is 17.8. The first-order valence-corrected chi connectivity index (χ1v) is 9.10. The smallest absolute Gasteiger partial charge is 0.165 e. The summed E-state index contributed by atoms with van der Waals surface area (Å²) in [5.41, 5.74) is 2.97. The van der Waals surface area contributed by atoms with E-state index >= 15 is 0 Å². The Bertz CT molecular complexity index is 854. The summed E-state index contributed by atoms with van der Waals surface area (Å²) in [5.74, 6) is 0.216. The first kappa shape index (κ1) is 17.5. The van der Waals surface area contributed by atoms with Crippen LogP contribution < -0.4 is 4.74 Å². The van der Waals surface area contributed by atoms with Crippen molar-refractivity contribution in [2.24, 2.45) is 0 Å². The van der Waals surface area contributed by atoms with E-state index in [0.29, 0.717) is 17.0 Å². The number of thioether (sulfide) groups is 1. The van der Waals surface area contributed by atoms with Gasteiger partial charge in [-0.2, -0.15) is 0 Å². The summed E-state index contributed by atoms with van der Waals surface area (Å²) in [6.07, 6.45) is 8.82. The van der Waals surface area contributed by atoms with Crippen molar-refractivity contribution in [2.45, 2.75) is 19.3 Å². The van der Waals surface area contributed by atoms with Gasteiger partial charge in [0.25, 0.3) is 0 Å². The van der Waals surface area contributed by atoms with Crippen LogP contribution in [0.2, 0.25) is 0 Å². The van der Waals surface area contributed by atoms with Crippen molar-refractivity contribution >= 4 is 23.6 Å². The lowest BCUT2D eigenvalue weighted by molar-refractivity contribution is -0.107. The number of halogens is 1. The lowest BCUT2D eigenvalue weighted by Gasteiger charge is -2.14. The fourth-order valence-corrected chi connectivity index (χ4v) is 3.39. The number of hydrogen-bond donors (Lipinski definition) is 0. The monoisotopic (exact) mass is 359 g/mol. The predicted molar refractivity (Wildman–Crippen MR) is 97.0 cm³/mol. The van der Waals surface area contributed by atoms with Crippen LogP contribution in [0, 0.1) is 5.82 Å². The number of ether oxygens (including phenoxy) is 1. The Balaban J connectivity index is 2.09. The van der Waals surface area contributed by atoms with Crippen LogP contribution in [-0.4, -0.2) is 24.8 Å². The average molecular weight is 359 g/mol. The molecule has 6 heteroatoms. The second kappa shape index (κ2) is 7.70. The molecule has 1 aliphatic carbocycles. The molecule has 0 radical (unpaired) electrons. The number of rotatable bonds is 6. The molecular weight excluding hydrogens is 341 g/mol. The second-order valence-electron chi connectivity index (χ2n) is 5.58. The highest BCUT2D eigenvalue weighted by atomic mass is 32.2. The van der Waals surface area contributed by atoms with Crippen LogP contribution >= 0.6 is 11.8 Å². The van der Waals surface area contributed by atoms with Gasteiger partial charge in [0.15, 0.2) is 17.3 Å². The summed E-state index contributed by atoms with van der Waals surface area (Å²) in [5, 5.41) is 4.11. The Labute approximate surface area is 149 Å². The number of carbonyl (C=O) groups excluding carboxylic acids is 1. The number of allylic oxidation sites excluding steroid dienone is 4. The van der Waals surface area contributed by atoms with Crippen LogP contribution in [0.4, 0.5) is 4.39 Å². The number of nitrogens with zero attached hydrogens (tertiary/aromatic N) is 1. The molecular formula is C19H18FNO3S. The number of hydrogen-bond acceptors (Lipinski definition) is 5. The molecule has 1 aromatic carbocycles. The predicted octanol–water partition coefficient (Wildman–Crippen LogP) is 4.65. The molecule has 4 nitrogen and oxygen atoms in total. The minimum Gasteiger partial charge on any atom is -0.494 e. The first-order chi connectivity index (χ1) is 12.2. The van der Waals surface area contributed by atoms with Gasteiger partial charge in [-0.05, 0) is 47.8 Å². The van der Waals surface area contributed by atoms with Crippen molar-refractivity contribution in [1.82, 2.24) is 5.16 Å². The van der Waals surface area contributed by atoms with Gasteiger partial charge in [-0.15, -0.1) is 11.8 Å². The molecule has 0 fully saturated rings. The summed E-state index contributed by atoms with van der Waals surface area (Å²) < 4.78 is 24.5. The van der Waals surface area contributed by atoms with Crippen LogP contribution in [0.1, 0.15) is 24.2 Å². The Morgan fingerprint density at radius 2 is 2.20 bits per heavy atom. The van der Waals surface area contributed by atoms with Crippen LogP contribution in [0.25, 0.3) is 16.8 Å². The molecule has 0 amide bonds. The first-order valence-electron chi connectivity index (χ1n) is 7.88. The molecule has 0 unspecified atom stereocenters. The molecule has 3 rings (SSSR count). The molecule has 0 bridgehead atoms. The Hall–Kier alpha value is -2.34. The average Bonchev–Trinajstić information content (AvgIpc) is 3.05. The van der Waals surface area contributed by atoms with E-state index in [0.717, 1.165) is 30.3 Å². The quantitative estimate of drug-likeness (QED) is 0.703. The summed E-state index contributed by atoms with van der Waals surface area (Å²) in [6, 6.07) is 4.67. The summed E-state index contributed by atoms with van der Waals surface area (Å²) >= 11 is 1.72. The normalized spacial score (nSPS) is 14.0. The maximum atomic E-state index is 14.1. The third-order valence-corrected chi connectivity index (χ3v) is 5.02. The largest absolute Gasteiger partial charge is 0.494 e. The molecule has 1 aliphatic rings. The van der Waals surface area contributed by atoms with Crippen molar-refractivity contribution in [3.05, 3.63) is 52.4 Å². The van der Waals surface area contributed by atoms with Gasteiger partial charge in [-0.1, -0.05) is 17.3 Å². The highest BCUT2D eigenvalue weighted by Crippen LogP contribution is 2.38. The molecule has 0 saturated carbocycles. The number of aldehydes is 1. The van der Waals surface area contributed by atoms with E-state index in [-0.39, 0.29) is 12.2 Å². The van der Waals surface area contributed by atoms with Gasteiger partial charge in [-0.25, -0.2) is 4.39 Å². The molecule has 1 heterocycles. The van der Waals surface area contributed by atoms with Gasteiger partial charge in [0, 0.05) is 11.1 Å². The Morgan fingerprint density at radius 1 is 1.36 bits per heavy atom. The number of aromatic nitrogens is 1. The van der Waals surface area contributed by atoms with E-state index in [1.165, 1.54) is 18.1 Å². The molecule has 0 spiro atoms. The molecule has 0 N–H and O–H groups in total. The van der Waals surface area contributed by atoms with Crippen molar-refractivity contribution in [2.75, 3.05) is 13.4 Å². The zero-order valence-corrected chi connectivity index (χ0v) is 14.9. The van der Waals surface area contributed by atoms with Gasteiger partial charge in [0.1, 0.15) is 12.0 Å². The second-order valence-corrected chi connectivity index (χ2v) is 6.51. The lowest BCUT2D eigenvalue weighted by Crippen LogP contribution is -1.97. The third kappa shape index (κ3) is 3.54. The third-order valence-electron chi connectivity index (χ3n) is 4.15. The summed E-state index contributed by atoms with van der Waals surface area (Å²) in [7, 11) is 1.42. The van der Waals surface area contributed by atoms with Crippen LogP contribution in [0.5, 0.6) is 5.75 Å². The van der Waals surface area contributed by atoms with Gasteiger partial charge in [-0.3, -0.25) is 0 Å². The number of benzene rings is 1. The van der Waals surface area contributed by atoms with Gasteiger partial charge < -0.3 is 14.1 Å². The van der Waals surface area contributed by atoms with E-state index in [1.807, 2.05) is 12.3 Å². The van der Waals surface area contributed by atoms with Crippen LogP contribution in [-0.2, 0) is 11.2 Å². The molecule has 0 saturated heterocycles. The highest BCUT2D eigenvalue weighted by Gasteiger charge is 2.22. The maximum absolute atomic E-state index is 14.1. The van der Waals surface area contributed by atoms with E-state index in [2.05, 4.69) is 11.2 Å². The fraction of sp³-hybridized carbons (Fsp3) is 0.263. The van der Waals surface area contributed by atoms with Crippen LogP contribution in [0.15, 0.2) is 39.8 Å². The van der Waals surface area contributed by atoms with E-state index in [1.54, 1.807) is 23.9 Å². The highest BCUT2D eigenvalue weighted by molar-refractivity contribution is 8.02. The number of carbonyl (C=O) groups is 1. The standard InChI is InChI=1S/C19H18FNO3S/c1-23-16-8-5-13(11-15(16)20)19-18(17(9-10-22)24-21-19)12-3-6-14(25-2)7-4-12/h3,5-6,8,10-11H,4,7,9H2,1-2H3. The van der Waals surface area contributed by atoms with Gasteiger partial charge in [0.2, 0.25) is 0 Å². The molecule has 0 atom stereocenters. The number of methoxy groups -OCH3 is 1. The minimum absolute atomic E-state index is 0.136. The SMILES string of the molecule is COc1ccc(-c2noc(CC=O)c2C2=CC=C(SC)CC2)cc1F. The van der Waals surface area contributed by atoms with Crippen molar-refractivity contribution in [3.8, 4) is 17.0 Å². The molecule has 1 aromatic heterocycles. The molecule has 2 aromatic rings. The minimum atomic E-state index is -0.465. The van der Waals surface area contributed by atoms with Crippen molar-refractivity contribution in [1.29, 1.82) is 0 Å². The zero-order valence-electron chi connectivity index (χ0n) is 14.0. The van der Waals surface area contributed by atoms with Gasteiger partial charge >= 0.3 is 0 Å². The Kier molecular flexibility index (Phi) is 5.38. The lowest BCUT2D eigenvalue weighted by atomic mass is 9.92. The van der Waals surface area contributed by atoms with Gasteiger partial charge in [0.05, 0.1) is 13.5 Å².